The maximum absolute atomic E-state index is 12.4. The lowest BCUT2D eigenvalue weighted by atomic mass is 10.00. The quantitative estimate of drug-likeness (QED) is 0.901. The van der Waals surface area contributed by atoms with E-state index in [1.165, 1.54) is 7.11 Å². The first kappa shape index (κ1) is 17.5. The lowest BCUT2D eigenvalue weighted by Gasteiger charge is -2.30. The molecule has 6 nitrogen and oxygen atoms in total. The number of nitrogens with one attached hydrogen (secondary N) is 1. The van der Waals surface area contributed by atoms with Gasteiger partial charge in [-0.2, -0.15) is 0 Å². The van der Waals surface area contributed by atoms with Gasteiger partial charge >= 0.3 is 0 Å². The van der Waals surface area contributed by atoms with Crippen LogP contribution in [0.25, 0.3) is 0 Å². The van der Waals surface area contributed by atoms with E-state index in [-0.39, 0.29) is 5.91 Å². The molecule has 1 aliphatic rings. The van der Waals surface area contributed by atoms with E-state index in [0.29, 0.717) is 28.0 Å². The second kappa shape index (κ2) is 7.70. The minimum atomic E-state index is -0.306. The molecule has 1 aromatic heterocycles. The lowest BCUT2D eigenvalue weighted by molar-refractivity contribution is 0.102. The summed E-state index contributed by atoms with van der Waals surface area (Å²) >= 11 is 5.98. The number of carbonyl (C=O) groups is 1. The Morgan fingerprint density at radius 2 is 1.96 bits per heavy atom. The normalized spacial score (nSPS) is 15.1. The summed E-state index contributed by atoms with van der Waals surface area (Å²) in [4.78, 5) is 23.3. The van der Waals surface area contributed by atoms with Crippen LogP contribution in [0.4, 0.5) is 11.6 Å². The summed E-state index contributed by atoms with van der Waals surface area (Å²) in [6.45, 7) is 4.16. The number of hydrogen-bond acceptors (Lipinski definition) is 5. The number of carbonyl (C=O) groups excluding carboxylic acids is 1. The van der Waals surface area contributed by atoms with Gasteiger partial charge in [-0.05, 0) is 37.0 Å². The number of anilines is 2. The molecule has 3 rings (SSSR count). The van der Waals surface area contributed by atoms with Gasteiger partial charge in [0.05, 0.1) is 18.4 Å². The van der Waals surface area contributed by atoms with Crippen molar-refractivity contribution in [2.24, 2.45) is 5.92 Å². The number of halogens is 1. The smallest absolute Gasteiger partial charge is 0.258 e. The topological polar surface area (TPSA) is 67.3 Å². The summed E-state index contributed by atoms with van der Waals surface area (Å²) in [6, 6.07) is 5.05. The highest BCUT2D eigenvalue weighted by Gasteiger charge is 2.18. The molecule has 0 radical (unpaired) electrons. The van der Waals surface area contributed by atoms with Gasteiger partial charge in [0.1, 0.15) is 5.75 Å². The number of piperidine rings is 1. The predicted molar refractivity (Wildman–Crippen MR) is 98.6 cm³/mol. The largest absolute Gasteiger partial charge is 0.495 e. The first-order valence-corrected chi connectivity index (χ1v) is 8.66. The number of rotatable bonds is 4. The molecule has 0 atom stereocenters. The molecule has 0 saturated carbocycles. The summed E-state index contributed by atoms with van der Waals surface area (Å²) in [5, 5.41) is 3.30. The third-order valence-electron chi connectivity index (χ3n) is 4.38. The number of hydrogen-bond donors (Lipinski definition) is 1. The molecule has 132 valence electrons. The number of amides is 1. The number of benzene rings is 1. The van der Waals surface area contributed by atoms with Gasteiger partial charge in [-0.3, -0.25) is 4.79 Å². The summed E-state index contributed by atoms with van der Waals surface area (Å²) in [7, 11) is 1.54. The Balaban J connectivity index is 1.70. The van der Waals surface area contributed by atoms with Crippen molar-refractivity contribution in [2.75, 3.05) is 30.4 Å². The maximum atomic E-state index is 12.4. The minimum Gasteiger partial charge on any atom is -0.495 e. The fraction of sp³-hybridized carbons (Fsp3) is 0.389. The van der Waals surface area contributed by atoms with Gasteiger partial charge in [-0.15, -0.1) is 0 Å². The van der Waals surface area contributed by atoms with Crippen molar-refractivity contribution in [1.82, 2.24) is 9.97 Å². The molecule has 2 aromatic rings. The van der Waals surface area contributed by atoms with Crippen LogP contribution in [0, 0.1) is 5.92 Å². The highest BCUT2D eigenvalue weighted by Crippen LogP contribution is 2.28. The van der Waals surface area contributed by atoms with Gasteiger partial charge in [0.2, 0.25) is 5.95 Å². The molecule has 0 aliphatic carbocycles. The van der Waals surface area contributed by atoms with E-state index < -0.39 is 0 Å². The molecule has 0 bridgehead atoms. The van der Waals surface area contributed by atoms with Crippen molar-refractivity contribution in [3.05, 3.63) is 41.2 Å². The van der Waals surface area contributed by atoms with Gasteiger partial charge in [0, 0.05) is 30.5 Å². The molecule has 2 heterocycles. The van der Waals surface area contributed by atoms with Gasteiger partial charge in [-0.25, -0.2) is 9.97 Å². The molecule has 1 amide bonds. The van der Waals surface area contributed by atoms with Crippen molar-refractivity contribution in [3.8, 4) is 5.75 Å². The Morgan fingerprint density at radius 1 is 1.28 bits per heavy atom. The van der Waals surface area contributed by atoms with E-state index in [9.17, 15) is 4.79 Å². The number of aromatic nitrogens is 2. The molecule has 1 N–H and O–H groups in total. The molecular formula is C18H21ClN4O2. The molecule has 0 spiro atoms. The second-order valence-corrected chi connectivity index (χ2v) is 6.68. The van der Waals surface area contributed by atoms with Crippen LogP contribution in [-0.2, 0) is 0 Å². The number of ether oxygens (including phenoxy) is 1. The fourth-order valence-electron chi connectivity index (χ4n) is 2.78. The van der Waals surface area contributed by atoms with Crippen LogP contribution < -0.4 is 15.0 Å². The van der Waals surface area contributed by atoms with Crippen molar-refractivity contribution in [3.63, 3.8) is 0 Å². The summed E-state index contributed by atoms with van der Waals surface area (Å²) in [5.74, 6) is 1.65. The number of methoxy groups -OCH3 is 1. The molecule has 1 aromatic carbocycles. The Morgan fingerprint density at radius 3 is 2.60 bits per heavy atom. The van der Waals surface area contributed by atoms with Crippen LogP contribution in [0.5, 0.6) is 5.75 Å². The molecule has 1 fully saturated rings. The standard InChI is InChI=1S/C18H21ClN4O2/c1-12-5-7-23(8-6-12)18-20-10-13(11-21-18)17(24)22-15-9-14(19)3-4-16(15)25-2/h3-4,9-12H,5-8H2,1-2H3,(H,22,24). The zero-order valence-corrected chi connectivity index (χ0v) is 15.1. The van der Waals surface area contributed by atoms with Crippen LogP contribution in [-0.4, -0.2) is 36.1 Å². The van der Waals surface area contributed by atoms with E-state index in [1.807, 2.05) is 0 Å². The van der Waals surface area contributed by atoms with Gasteiger partial charge in [0.15, 0.2) is 0 Å². The van der Waals surface area contributed by atoms with Crippen LogP contribution in [0.2, 0.25) is 5.02 Å². The average molecular weight is 361 g/mol. The highest BCUT2D eigenvalue weighted by molar-refractivity contribution is 6.31. The van der Waals surface area contributed by atoms with Crippen LogP contribution in [0.15, 0.2) is 30.6 Å². The van der Waals surface area contributed by atoms with Crippen molar-refractivity contribution < 1.29 is 9.53 Å². The monoisotopic (exact) mass is 360 g/mol. The Kier molecular flexibility index (Phi) is 5.38. The Labute approximate surface area is 152 Å². The van der Waals surface area contributed by atoms with Crippen LogP contribution >= 0.6 is 11.6 Å². The Bertz CT molecular complexity index is 743. The van der Waals surface area contributed by atoms with Gasteiger partial charge in [-0.1, -0.05) is 18.5 Å². The third-order valence-corrected chi connectivity index (χ3v) is 4.61. The highest BCUT2D eigenvalue weighted by atomic mass is 35.5. The van der Waals surface area contributed by atoms with E-state index in [0.717, 1.165) is 31.8 Å². The van der Waals surface area contributed by atoms with E-state index in [4.69, 9.17) is 16.3 Å². The molecule has 7 heteroatoms. The summed E-state index contributed by atoms with van der Waals surface area (Å²) in [6.07, 6.45) is 5.37. The van der Waals surface area contributed by atoms with E-state index >= 15 is 0 Å². The number of nitrogens with zero attached hydrogens (tertiary/aromatic N) is 3. The first-order chi connectivity index (χ1) is 12.1. The SMILES string of the molecule is COc1ccc(Cl)cc1NC(=O)c1cnc(N2CCC(C)CC2)nc1. The summed E-state index contributed by atoms with van der Waals surface area (Å²) in [5.41, 5.74) is 0.894. The Hall–Kier alpha value is -2.34. The van der Waals surface area contributed by atoms with Crippen LogP contribution in [0.1, 0.15) is 30.1 Å². The molecule has 1 aliphatic heterocycles. The van der Waals surface area contributed by atoms with E-state index in [2.05, 4.69) is 27.1 Å². The van der Waals surface area contributed by atoms with Crippen LogP contribution in [0.3, 0.4) is 0 Å². The van der Waals surface area contributed by atoms with Gasteiger partial charge in [0.25, 0.3) is 5.91 Å². The molecule has 1 saturated heterocycles. The zero-order chi connectivity index (χ0) is 17.8. The second-order valence-electron chi connectivity index (χ2n) is 6.24. The van der Waals surface area contributed by atoms with Crippen molar-refractivity contribution in [2.45, 2.75) is 19.8 Å². The molecular weight excluding hydrogens is 340 g/mol. The maximum Gasteiger partial charge on any atom is 0.258 e. The lowest BCUT2D eigenvalue weighted by Crippen LogP contribution is -2.34. The summed E-state index contributed by atoms with van der Waals surface area (Å²) < 4.78 is 5.23. The molecule has 0 unspecified atom stereocenters. The first-order valence-electron chi connectivity index (χ1n) is 8.28. The zero-order valence-electron chi connectivity index (χ0n) is 14.3. The minimum absolute atomic E-state index is 0.306. The van der Waals surface area contributed by atoms with Gasteiger partial charge < -0.3 is 15.0 Å². The van der Waals surface area contributed by atoms with Crippen molar-refractivity contribution in [1.29, 1.82) is 0 Å². The third kappa shape index (κ3) is 4.20. The fourth-order valence-corrected chi connectivity index (χ4v) is 2.95. The predicted octanol–water partition coefficient (Wildman–Crippen LogP) is 3.63. The van der Waals surface area contributed by atoms with E-state index in [1.54, 1.807) is 30.6 Å². The average Bonchev–Trinajstić information content (AvgIpc) is 2.63. The van der Waals surface area contributed by atoms with Crippen molar-refractivity contribution >= 4 is 29.1 Å². The molecule has 25 heavy (non-hydrogen) atoms.